The minimum Gasteiger partial charge on any atom is -0.330 e. The first-order valence-corrected chi connectivity index (χ1v) is 7.26. The maximum atomic E-state index is 5.62. The Balaban J connectivity index is 2.29. The van der Waals surface area contributed by atoms with Gasteiger partial charge in [0.2, 0.25) is 0 Å². The Labute approximate surface area is 115 Å². The molecule has 0 aliphatic carbocycles. The van der Waals surface area contributed by atoms with E-state index in [1.165, 1.54) is 28.3 Å². The van der Waals surface area contributed by atoms with E-state index in [9.17, 15) is 0 Å². The van der Waals surface area contributed by atoms with Gasteiger partial charge in [0, 0.05) is 0 Å². The van der Waals surface area contributed by atoms with Gasteiger partial charge >= 0.3 is 0 Å². The van der Waals surface area contributed by atoms with Gasteiger partial charge in [0.1, 0.15) is 0 Å². The smallest absolute Gasteiger partial charge is 0.00741 e. The van der Waals surface area contributed by atoms with Crippen LogP contribution in [0.4, 0.5) is 0 Å². The fourth-order valence-electron chi connectivity index (χ4n) is 2.61. The second kappa shape index (κ2) is 7.27. The van der Waals surface area contributed by atoms with Crippen LogP contribution < -0.4 is 11.5 Å². The van der Waals surface area contributed by atoms with E-state index in [0.717, 1.165) is 38.8 Å². The summed E-state index contributed by atoms with van der Waals surface area (Å²) in [5.74, 6) is 0. The van der Waals surface area contributed by atoms with E-state index in [2.05, 4.69) is 36.4 Å². The van der Waals surface area contributed by atoms with Gasteiger partial charge in [0.05, 0.1) is 0 Å². The normalized spacial score (nSPS) is 11.1. The number of nitrogens with two attached hydrogens (primary N) is 2. The zero-order valence-corrected chi connectivity index (χ0v) is 11.6. The fraction of sp³-hybridized carbons (Fsp3) is 0.412. The molecule has 0 heterocycles. The Morgan fingerprint density at radius 3 is 1.68 bits per heavy atom. The highest BCUT2D eigenvalue weighted by molar-refractivity contribution is 5.88. The molecule has 0 radical (unpaired) electrons. The number of benzene rings is 2. The molecule has 4 N–H and O–H groups in total. The van der Waals surface area contributed by atoms with Crippen molar-refractivity contribution in [1.29, 1.82) is 0 Å². The Bertz CT molecular complexity index is 520. The minimum absolute atomic E-state index is 0.757. The fourth-order valence-corrected chi connectivity index (χ4v) is 2.61. The Morgan fingerprint density at radius 1 is 0.632 bits per heavy atom. The second-order valence-corrected chi connectivity index (χ2v) is 5.07. The van der Waals surface area contributed by atoms with Crippen LogP contribution >= 0.6 is 0 Å². The summed E-state index contributed by atoms with van der Waals surface area (Å²) >= 11 is 0. The number of fused-ring (bicyclic) bond motifs is 1. The summed E-state index contributed by atoms with van der Waals surface area (Å²) in [4.78, 5) is 0. The van der Waals surface area contributed by atoms with E-state index >= 15 is 0 Å². The van der Waals surface area contributed by atoms with Crippen molar-refractivity contribution in [3.05, 3.63) is 47.5 Å². The van der Waals surface area contributed by atoms with Crippen molar-refractivity contribution in [3.8, 4) is 0 Å². The molecule has 2 heteroatoms. The van der Waals surface area contributed by atoms with E-state index in [1.807, 2.05) is 0 Å². The number of hydrogen-bond acceptors (Lipinski definition) is 2. The van der Waals surface area contributed by atoms with Crippen LogP contribution in [0, 0.1) is 0 Å². The van der Waals surface area contributed by atoms with Crippen LogP contribution in [-0.4, -0.2) is 13.1 Å². The Hall–Kier alpha value is -1.38. The molecule has 0 aromatic heterocycles. The lowest BCUT2D eigenvalue weighted by molar-refractivity contribution is 0.747. The van der Waals surface area contributed by atoms with Crippen LogP contribution in [-0.2, 0) is 12.8 Å². The van der Waals surface area contributed by atoms with Crippen LogP contribution in [0.1, 0.15) is 30.4 Å². The van der Waals surface area contributed by atoms with E-state index in [-0.39, 0.29) is 0 Å². The number of hydrogen-bond donors (Lipinski definition) is 2. The molecule has 102 valence electrons. The van der Waals surface area contributed by atoms with Crippen molar-refractivity contribution in [1.82, 2.24) is 0 Å². The van der Waals surface area contributed by atoms with Gasteiger partial charge in [0.25, 0.3) is 0 Å². The molecule has 2 aromatic carbocycles. The monoisotopic (exact) mass is 256 g/mol. The average Bonchev–Trinajstić information content (AvgIpc) is 2.46. The lowest BCUT2D eigenvalue weighted by Crippen LogP contribution is -2.02. The zero-order valence-electron chi connectivity index (χ0n) is 11.6. The first-order chi connectivity index (χ1) is 9.36. The number of unbranched alkanes of at least 4 members (excludes halogenated alkanes) is 1. The molecule has 0 spiro atoms. The Morgan fingerprint density at radius 2 is 1.16 bits per heavy atom. The molecule has 0 aliphatic rings. The molecule has 0 unspecified atom stereocenters. The quantitative estimate of drug-likeness (QED) is 0.748. The van der Waals surface area contributed by atoms with Gasteiger partial charge in [-0.3, -0.25) is 0 Å². The van der Waals surface area contributed by atoms with Crippen LogP contribution in [0.3, 0.4) is 0 Å². The van der Waals surface area contributed by atoms with Gasteiger partial charge in [-0.25, -0.2) is 0 Å². The van der Waals surface area contributed by atoms with Crippen molar-refractivity contribution in [3.63, 3.8) is 0 Å². The summed E-state index contributed by atoms with van der Waals surface area (Å²) in [5.41, 5.74) is 14.1. The SMILES string of the molecule is NCCCCc1ccc(CCCN)c2ccccc12. The molecular weight excluding hydrogens is 232 g/mol. The third kappa shape index (κ3) is 3.55. The molecule has 2 aromatic rings. The standard InChI is InChI=1S/C17H24N2/c18-12-4-3-6-14-10-11-15(7-5-13-19)17-9-2-1-8-16(14)17/h1-2,8-11H,3-7,12-13,18-19H2. The third-order valence-electron chi connectivity index (χ3n) is 3.66. The topological polar surface area (TPSA) is 52.0 Å². The van der Waals surface area contributed by atoms with Crippen LogP contribution in [0.2, 0.25) is 0 Å². The molecule has 0 fully saturated rings. The first-order valence-electron chi connectivity index (χ1n) is 7.26. The van der Waals surface area contributed by atoms with Crippen LogP contribution in [0.25, 0.3) is 10.8 Å². The van der Waals surface area contributed by atoms with Crippen molar-refractivity contribution in [2.24, 2.45) is 11.5 Å². The van der Waals surface area contributed by atoms with Gasteiger partial charge in [-0.15, -0.1) is 0 Å². The molecule has 0 aliphatic heterocycles. The van der Waals surface area contributed by atoms with Crippen molar-refractivity contribution < 1.29 is 0 Å². The summed E-state index contributed by atoms with van der Waals surface area (Å²) in [7, 11) is 0. The maximum absolute atomic E-state index is 5.62. The molecule has 0 saturated carbocycles. The molecule has 0 amide bonds. The summed E-state index contributed by atoms with van der Waals surface area (Å²) in [5, 5.41) is 2.79. The predicted octanol–water partition coefficient (Wildman–Crippen LogP) is 3.01. The zero-order chi connectivity index (χ0) is 13.5. The molecule has 2 nitrogen and oxygen atoms in total. The predicted molar refractivity (Wildman–Crippen MR) is 83.3 cm³/mol. The lowest BCUT2D eigenvalue weighted by atomic mass is 9.94. The first kappa shape index (κ1) is 14.0. The minimum atomic E-state index is 0.757. The Kier molecular flexibility index (Phi) is 5.37. The highest BCUT2D eigenvalue weighted by Gasteiger charge is 2.05. The van der Waals surface area contributed by atoms with Crippen molar-refractivity contribution in [2.45, 2.75) is 32.1 Å². The van der Waals surface area contributed by atoms with Crippen LogP contribution in [0.15, 0.2) is 36.4 Å². The van der Waals surface area contributed by atoms with Crippen molar-refractivity contribution in [2.75, 3.05) is 13.1 Å². The molecule has 19 heavy (non-hydrogen) atoms. The van der Waals surface area contributed by atoms with Crippen molar-refractivity contribution >= 4 is 10.8 Å². The molecular formula is C17H24N2. The second-order valence-electron chi connectivity index (χ2n) is 5.07. The number of rotatable bonds is 7. The highest BCUT2D eigenvalue weighted by Crippen LogP contribution is 2.25. The summed E-state index contributed by atoms with van der Waals surface area (Å²) in [6.07, 6.45) is 5.51. The van der Waals surface area contributed by atoms with Gasteiger partial charge in [-0.1, -0.05) is 36.4 Å². The van der Waals surface area contributed by atoms with Gasteiger partial charge in [-0.05, 0) is 67.1 Å². The summed E-state index contributed by atoms with van der Waals surface area (Å²) < 4.78 is 0. The molecule has 0 bridgehead atoms. The van der Waals surface area contributed by atoms with E-state index in [4.69, 9.17) is 11.5 Å². The average molecular weight is 256 g/mol. The largest absolute Gasteiger partial charge is 0.330 e. The van der Waals surface area contributed by atoms with Crippen LogP contribution in [0.5, 0.6) is 0 Å². The summed E-state index contributed by atoms with van der Waals surface area (Å²) in [6, 6.07) is 13.3. The highest BCUT2D eigenvalue weighted by atomic mass is 14.5. The van der Waals surface area contributed by atoms with E-state index < -0.39 is 0 Å². The lowest BCUT2D eigenvalue weighted by Gasteiger charge is -2.11. The van der Waals surface area contributed by atoms with Gasteiger partial charge in [0.15, 0.2) is 0 Å². The van der Waals surface area contributed by atoms with Gasteiger partial charge in [-0.2, -0.15) is 0 Å². The molecule has 0 saturated heterocycles. The number of aryl methyl sites for hydroxylation is 2. The summed E-state index contributed by atoms with van der Waals surface area (Å²) in [6.45, 7) is 1.54. The van der Waals surface area contributed by atoms with E-state index in [1.54, 1.807) is 0 Å². The van der Waals surface area contributed by atoms with Gasteiger partial charge < -0.3 is 11.5 Å². The molecule has 2 rings (SSSR count). The maximum Gasteiger partial charge on any atom is -0.00741 e. The third-order valence-corrected chi connectivity index (χ3v) is 3.66. The molecule has 0 atom stereocenters. The van der Waals surface area contributed by atoms with E-state index in [0.29, 0.717) is 0 Å².